The van der Waals surface area contributed by atoms with Gasteiger partial charge in [0, 0.05) is 43.3 Å². The minimum absolute atomic E-state index is 0.0867. The summed E-state index contributed by atoms with van der Waals surface area (Å²) in [4.78, 5) is 19.0. The summed E-state index contributed by atoms with van der Waals surface area (Å²) in [6.45, 7) is 0.851. The molecule has 1 aliphatic rings. The molecule has 3 aromatic rings. The van der Waals surface area contributed by atoms with Crippen LogP contribution in [0.1, 0.15) is 19.3 Å². The molecule has 0 aliphatic carbocycles. The van der Waals surface area contributed by atoms with Crippen LogP contribution < -0.4 is 10.1 Å². The van der Waals surface area contributed by atoms with E-state index in [-0.39, 0.29) is 16.3 Å². The van der Waals surface area contributed by atoms with Gasteiger partial charge in [0.1, 0.15) is 11.4 Å². The Kier molecular flexibility index (Phi) is 6.28. The highest BCUT2D eigenvalue weighted by Gasteiger charge is 2.28. The molecule has 0 amide bonds. The molecule has 1 N–H and O–H groups in total. The van der Waals surface area contributed by atoms with Gasteiger partial charge in [-0.3, -0.25) is 15.1 Å². The number of hydrogen-bond acceptors (Lipinski definition) is 8. The van der Waals surface area contributed by atoms with Gasteiger partial charge in [-0.05, 0) is 37.1 Å². The fourth-order valence-electron chi connectivity index (χ4n) is 3.43. The zero-order valence-corrected chi connectivity index (χ0v) is 17.9. The number of aromatic nitrogens is 2. The summed E-state index contributed by atoms with van der Waals surface area (Å²) in [6.07, 6.45) is 7.04. The van der Waals surface area contributed by atoms with E-state index in [0.717, 1.165) is 25.3 Å². The molecule has 0 radical (unpaired) electrons. The van der Waals surface area contributed by atoms with Gasteiger partial charge in [0.2, 0.25) is 15.9 Å². The zero-order valence-electron chi connectivity index (χ0n) is 17.0. The van der Waals surface area contributed by atoms with Crippen LogP contribution in [0, 0.1) is 10.1 Å². The summed E-state index contributed by atoms with van der Waals surface area (Å²) in [5.41, 5.74) is 0.369. The molecule has 2 aromatic carbocycles. The first-order valence-corrected chi connectivity index (χ1v) is 11.5. The van der Waals surface area contributed by atoms with Crippen molar-refractivity contribution in [1.29, 1.82) is 0 Å². The van der Waals surface area contributed by atoms with Crippen LogP contribution in [0.2, 0.25) is 0 Å². The topological polar surface area (TPSA) is 128 Å². The molecule has 1 aliphatic heterocycles. The van der Waals surface area contributed by atoms with Crippen molar-refractivity contribution in [2.24, 2.45) is 0 Å². The SMILES string of the molecule is O=[N+]([O-])c1cc(S(=O)(=O)N2CCCCC2)ccc1Nc1cccc(Oc2cnccn2)c1. The maximum Gasteiger partial charge on any atom is 0.294 e. The third-order valence-corrected chi connectivity index (χ3v) is 6.89. The molecule has 0 saturated carbocycles. The Bertz CT molecular complexity index is 1210. The number of hydrogen-bond donors (Lipinski definition) is 1. The van der Waals surface area contributed by atoms with Crippen molar-refractivity contribution in [2.75, 3.05) is 18.4 Å². The number of nitrogens with one attached hydrogen (secondary N) is 1. The Morgan fingerprint density at radius 3 is 2.59 bits per heavy atom. The zero-order chi connectivity index (χ0) is 22.6. The second kappa shape index (κ2) is 9.28. The third-order valence-electron chi connectivity index (χ3n) is 4.99. The Morgan fingerprint density at radius 1 is 1.06 bits per heavy atom. The summed E-state index contributed by atoms with van der Waals surface area (Å²) in [7, 11) is -3.78. The Labute approximate surface area is 185 Å². The van der Waals surface area contributed by atoms with E-state index in [1.165, 1.54) is 35.0 Å². The van der Waals surface area contributed by atoms with Crippen molar-refractivity contribution in [3.8, 4) is 11.6 Å². The standard InChI is InChI=1S/C21H21N5O5S/c27-26(28)20-14-18(32(29,30)25-11-2-1-3-12-25)7-8-19(20)24-16-5-4-6-17(13-16)31-21-15-22-9-10-23-21/h4-10,13-15,24H,1-3,11-12H2. The Hall–Kier alpha value is -3.57. The number of rotatable bonds is 7. The first kappa shape index (κ1) is 21.7. The highest BCUT2D eigenvalue weighted by atomic mass is 32.2. The molecular weight excluding hydrogens is 434 g/mol. The second-order valence-corrected chi connectivity index (χ2v) is 9.14. The number of nitro groups is 1. The van der Waals surface area contributed by atoms with Crippen LogP contribution in [0.15, 0.2) is 66.0 Å². The van der Waals surface area contributed by atoms with Crippen LogP contribution in [0.25, 0.3) is 0 Å². The van der Waals surface area contributed by atoms with Crippen molar-refractivity contribution in [3.63, 3.8) is 0 Å². The number of piperidine rings is 1. The van der Waals surface area contributed by atoms with Gasteiger partial charge in [-0.25, -0.2) is 13.4 Å². The molecule has 0 atom stereocenters. The minimum atomic E-state index is -3.78. The van der Waals surface area contributed by atoms with Gasteiger partial charge >= 0.3 is 0 Å². The van der Waals surface area contributed by atoms with E-state index in [2.05, 4.69) is 15.3 Å². The molecule has 11 heteroatoms. The molecule has 0 unspecified atom stereocenters. The summed E-state index contributed by atoms with van der Waals surface area (Å²) in [5.74, 6) is 0.769. The molecule has 2 heterocycles. The lowest BCUT2D eigenvalue weighted by molar-refractivity contribution is -0.384. The van der Waals surface area contributed by atoms with E-state index < -0.39 is 14.9 Å². The predicted molar refractivity (Wildman–Crippen MR) is 118 cm³/mol. The molecule has 166 valence electrons. The van der Waals surface area contributed by atoms with E-state index in [0.29, 0.717) is 30.4 Å². The monoisotopic (exact) mass is 455 g/mol. The first-order chi connectivity index (χ1) is 15.4. The van der Waals surface area contributed by atoms with E-state index in [1.54, 1.807) is 24.3 Å². The van der Waals surface area contributed by atoms with Crippen LogP contribution in [0.5, 0.6) is 11.6 Å². The lowest BCUT2D eigenvalue weighted by Crippen LogP contribution is -2.35. The van der Waals surface area contributed by atoms with Gasteiger partial charge in [0.05, 0.1) is 16.0 Å². The first-order valence-electron chi connectivity index (χ1n) is 10.0. The summed E-state index contributed by atoms with van der Waals surface area (Å²) in [6, 6.07) is 10.7. The van der Waals surface area contributed by atoms with E-state index >= 15 is 0 Å². The van der Waals surface area contributed by atoms with Crippen molar-refractivity contribution in [2.45, 2.75) is 24.2 Å². The van der Waals surface area contributed by atoms with E-state index in [9.17, 15) is 18.5 Å². The number of sulfonamides is 1. The van der Waals surface area contributed by atoms with Crippen LogP contribution in [-0.2, 0) is 10.0 Å². The molecule has 10 nitrogen and oxygen atoms in total. The lowest BCUT2D eigenvalue weighted by Gasteiger charge is -2.25. The van der Waals surface area contributed by atoms with Crippen molar-refractivity contribution < 1.29 is 18.1 Å². The average Bonchev–Trinajstić information content (AvgIpc) is 2.80. The predicted octanol–water partition coefficient (Wildman–Crippen LogP) is 4.10. The Balaban J connectivity index is 1.59. The summed E-state index contributed by atoms with van der Waals surface area (Å²) < 4.78 is 32.8. The highest BCUT2D eigenvalue weighted by Crippen LogP contribution is 2.33. The third kappa shape index (κ3) is 4.84. The van der Waals surface area contributed by atoms with Gasteiger partial charge in [-0.2, -0.15) is 4.31 Å². The van der Waals surface area contributed by atoms with Gasteiger partial charge in [-0.1, -0.05) is 12.5 Å². The highest BCUT2D eigenvalue weighted by molar-refractivity contribution is 7.89. The van der Waals surface area contributed by atoms with Crippen molar-refractivity contribution in [1.82, 2.24) is 14.3 Å². The second-order valence-electron chi connectivity index (χ2n) is 7.20. The summed E-state index contributed by atoms with van der Waals surface area (Å²) in [5, 5.41) is 14.7. The Morgan fingerprint density at radius 2 is 1.88 bits per heavy atom. The average molecular weight is 455 g/mol. The van der Waals surface area contributed by atoms with Gasteiger partial charge in [0.15, 0.2) is 0 Å². The molecule has 4 rings (SSSR count). The molecule has 1 fully saturated rings. The largest absolute Gasteiger partial charge is 0.437 e. The smallest absolute Gasteiger partial charge is 0.294 e. The molecule has 1 saturated heterocycles. The molecule has 0 spiro atoms. The fraction of sp³-hybridized carbons (Fsp3) is 0.238. The van der Waals surface area contributed by atoms with Gasteiger partial charge in [-0.15, -0.1) is 0 Å². The number of anilines is 2. The fourth-order valence-corrected chi connectivity index (χ4v) is 4.97. The molecule has 0 bridgehead atoms. The van der Waals surface area contributed by atoms with Crippen LogP contribution in [0.4, 0.5) is 17.1 Å². The van der Waals surface area contributed by atoms with Crippen LogP contribution in [0.3, 0.4) is 0 Å². The van der Waals surface area contributed by atoms with Gasteiger partial charge < -0.3 is 10.1 Å². The lowest BCUT2D eigenvalue weighted by atomic mass is 10.2. The molecule has 32 heavy (non-hydrogen) atoms. The molecule has 1 aromatic heterocycles. The number of nitrogens with zero attached hydrogens (tertiary/aromatic N) is 4. The molecular formula is C21H21N5O5S. The van der Waals surface area contributed by atoms with Crippen LogP contribution in [-0.4, -0.2) is 40.7 Å². The number of nitro benzene ring substituents is 1. The van der Waals surface area contributed by atoms with E-state index in [1.807, 2.05) is 0 Å². The quantitative estimate of drug-likeness (QED) is 0.417. The number of ether oxygens (including phenoxy) is 1. The minimum Gasteiger partial charge on any atom is -0.437 e. The normalized spacial score (nSPS) is 14.6. The van der Waals surface area contributed by atoms with Crippen LogP contribution >= 0.6 is 0 Å². The maximum atomic E-state index is 12.9. The van der Waals surface area contributed by atoms with Crippen molar-refractivity contribution in [3.05, 3.63) is 71.2 Å². The maximum absolute atomic E-state index is 12.9. The van der Waals surface area contributed by atoms with Crippen molar-refractivity contribution >= 4 is 27.1 Å². The van der Waals surface area contributed by atoms with Gasteiger partial charge in [0.25, 0.3) is 5.69 Å². The summed E-state index contributed by atoms with van der Waals surface area (Å²) >= 11 is 0. The van der Waals surface area contributed by atoms with E-state index in [4.69, 9.17) is 4.74 Å². The number of benzene rings is 2.